The first-order valence-corrected chi connectivity index (χ1v) is 9.47. The summed E-state index contributed by atoms with van der Waals surface area (Å²) in [4.78, 5) is 0. The van der Waals surface area contributed by atoms with Crippen LogP contribution in [0.2, 0.25) is 0 Å². The van der Waals surface area contributed by atoms with Gasteiger partial charge in [-0.2, -0.15) is 0 Å². The van der Waals surface area contributed by atoms with Gasteiger partial charge in [0.15, 0.2) is 0 Å². The van der Waals surface area contributed by atoms with Gasteiger partial charge in [0.05, 0.1) is 0 Å². The van der Waals surface area contributed by atoms with E-state index in [1.54, 1.807) is 0 Å². The Morgan fingerprint density at radius 1 is 0.667 bits per heavy atom. The van der Waals surface area contributed by atoms with E-state index in [1.165, 1.54) is 83.6 Å². The first kappa shape index (κ1) is 20.7. The van der Waals surface area contributed by atoms with E-state index in [0.717, 1.165) is 19.5 Å². The van der Waals surface area contributed by atoms with Gasteiger partial charge in [-0.15, -0.1) is 0 Å². The zero-order valence-corrected chi connectivity index (χ0v) is 14.5. The molecule has 0 aromatic heterocycles. The van der Waals surface area contributed by atoms with Crippen LogP contribution >= 0.6 is 0 Å². The van der Waals surface area contributed by atoms with Crippen molar-refractivity contribution in [1.29, 1.82) is 0 Å². The van der Waals surface area contributed by atoms with Crippen LogP contribution in [0.1, 0.15) is 90.4 Å². The van der Waals surface area contributed by atoms with Crippen molar-refractivity contribution < 1.29 is 0 Å². The van der Waals surface area contributed by atoms with Crippen molar-refractivity contribution in [1.82, 2.24) is 5.32 Å². The molecule has 2 nitrogen and oxygen atoms in total. The highest BCUT2D eigenvalue weighted by Gasteiger charge is 1.91. The van der Waals surface area contributed by atoms with E-state index in [1.807, 2.05) is 0 Å². The van der Waals surface area contributed by atoms with Gasteiger partial charge in [-0.05, 0) is 58.2 Å². The second-order valence-corrected chi connectivity index (χ2v) is 6.12. The van der Waals surface area contributed by atoms with Crippen molar-refractivity contribution in [3.05, 3.63) is 12.2 Å². The summed E-state index contributed by atoms with van der Waals surface area (Å²) in [5.41, 5.74) is 5.45. The molecule has 0 aliphatic heterocycles. The van der Waals surface area contributed by atoms with Gasteiger partial charge in [0.25, 0.3) is 0 Å². The zero-order valence-electron chi connectivity index (χ0n) is 14.5. The highest BCUT2D eigenvalue weighted by atomic mass is 14.8. The van der Waals surface area contributed by atoms with Crippen LogP contribution in [-0.4, -0.2) is 19.6 Å². The maximum absolute atomic E-state index is 5.45. The average molecular weight is 297 g/mol. The third kappa shape index (κ3) is 19.7. The molecule has 0 rings (SSSR count). The number of hydrogen-bond acceptors (Lipinski definition) is 2. The lowest BCUT2D eigenvalue weighted by Crippen LogP contribution is -2.19. The molecule has 21 heavy (non-hydrogen) atoms. The van der Waals surface area contributed by atoms with Crippen molar-refractivity contribution in [2.75, 3.05) is 19.6 Å². The highest BCUT2D eigenvalue weighted by molar-refractivity contribution is 4.81. The molecule has 0 spiro atoms. The first-order chi connectivity index (χ1) is 10.4. The number of nitrogens with one attached hydrogen (secondary N) is 1. The molecule has 0 atom stereocenters. The predicted molar refractivity (Wildman–Crippen MR) is 96.8 cm³/mol. The lowest BCUT2D eigenvalue weighted by atomic mass is 10.1. The molecule has 3 N–H and O–H groups in total. The fraction of sp³-hybridized carbons (Fsp3) is 0.895. The molecule has 0 saturated carbocycles. The summed E-state index contributed by atoms with van der Waals surface area (Å²) in [6.45, 7) is 5.33. The summed E-state index contributed by atoms with van der Waals surface area (Å²) in [5.74, 6) is 0. The highest BCUT2D eigenvalue weighted by Crippen LogP contribution is 2.08. The molecule has 0 fully saturated rings. The molecule has 0 aromatic carbocycles. The van der Waals surface area contributed by atoms with Gasteiger partial charge in [0.2, 0.25) is 0 Å². The van der Waals surface area contributed by atoms with Crippen LogP contribution in [0.25, 0.3) is 0 Å². The third-order valence-corrected chi connectivity index (χ3v) is 3.92. The molecule has 0 amide bonds. The largest absolute Gasteiger partial charge is 0.330 e. The van der Waals surface area contributed by atoms with E-state index in [-0.39, 0.29) is 0 Å². The van der Waals surface area contributed by atoms with Crippen LogP contribution in [0.3, 0.4) is 0 Å². The van der Waals surface area contributed by atoms with Gasteiger partial charge < -0.3 is 11.1 Å². The molecule has 0 saturated heterocycles. The summed E-state index contributed by atoms with van der Waals surface area (Å²) in [6, 6.07) is 0. The molecular formula is C19H40N2. The summed E-state index contributed by atoms with van der Waals surface area (Å²) >= 11 is 0. The standard InChI is InChI=1S/C19H40N2/c1-2-3-4-5-6-7-8-9-10-11-12-13-14-15-18-21-19-16-17-20/h7-8,21H,2-6,9-20H2,1H3/b8-7-. The maximum atomic E-state index is 5.45. The van der Waals surface area contributed by atoms with E-state index < -0.39 is 0 Å². The Morgan fingerprint density at radius 3 is 1.81 bits per heavy atom. The van der Waals surface area contributed by atoms with Crippen LogP contribution in [0, 0.1) is 0 Å². The summed E-state index contributed by atoms with van der Waals surface area (Å²) in [6.07, 6.45) is 22.3. The lowest BCUT2D eigenvalue weighted by molar-refractivity contribution is 0.562. The van der Waals surface area contributed by atoms with Crippen LogP contribution < -0.4 is 11.1 Å². The number of hydrogen-bond donors (Lipinski definition) is 2. The van der Waals surface area contributed by atoms with Crippen molar-refractivity contribution in [2.45, 2.75) is 90.4 Å². The Kier molecular flexibility index (Phi) is 19.3. The molecule has 0 radical (unpaired) electrons. The number of unbranched alkanes of at least 4 members (excludes halogenated alkanes) is 10. The minimum absolute atomic E-state index is 0.806. The number of rotatable bonds is 17. The molecular weight excluding hydrogens is 256 g/mol. The lowest BCUT2D eigenvalue weighted by Gasteiger charge is -2.03. The molecule has 0 aliphatic rings. The summed E-state index contributed by atoms with van der Waals surface area (Å²) in [7, 11) is 0. The normalized spacial score (nSPS) is 11.5. The van der Waals surface area contributed by atoms with Gasteiger partial charge in [0, 0.05) is 0 Å². The summed E-state index contributed by atoms with van der Waals surface area (Å²) in [5, 5.41) is 3.44. The fourth-order valence-electron chi connectivity index (χ4n) is 2.50. The molecule has 0 unspecified atom stereocenters. The smallest absolute Gasteiger partial charge is 0.00369 e. The molecule has 0 bridgehead atoms. The van der Waals surface area contributed by atoms with E-state index in [0.29, 0.717) is 0 Å². The van der Waals surface area contributed by atoms with Crippen molar-refractivity contribution in [3.63, 3.8) is 0 Å². The van der Waals surface area contributed by atoms with E-state index in [4.69, 9.17) is 5.73 Å². The maximum Gasteiger partial charge on any atom is -0.00369 e. The van der Waals surface area contributed by atoms with Gasteiger partial charge in [-0.25, -0.2) is 0 Å². The SMILES string of the molecule is CCCCCC/C=C\CCCCCCCCNCCCN. The van der Waals surface area contributed by atoms with E-state index in [2.05, 4.69) is 24.4 Å². The topological polar surface area (TPSA) is 38.0 Å². The monoisotopic (exact) mass is 296 g/mol. The molecule has 2 heteroatoms. The minimum atomic E-state index is 0.806. The van der Waals surface area contributed by atoms with Gasteiger partial charge in [0.1, 0.15) is 0 Å². The second kappa shape index (κ2) is 19.7. The van der Waals surface area contributed by atoms with Gasteiger partial charge in [-0.3, -0.25) is 0 Å². The predicted octanol–water partition coefficient (Wildman–Crippen LogP) is 5.18. The Morgan fingerprint density at radius 2 is 1.19 bits per heavy atom. The Bertz CT molecular complexity index is 202. The second-order valence-electron chi connectivity index (χ2n) is 6.12. The molecule has 0 heterocycles. The quantitative estimate of drug-likeness (QED) is 0.286. The molecule has 126 valence electrons. The van der Waals surface area contributed by atoms with Crippen LogP contribution in [0.4, 0.5) is 0 Å². The van der Waals surface area contributed by atoms with Gasteiger partial charge in [-0.1, -0.05) is 64.0 Å². The van der Waals surface area contributed by atoms with Crippen molar-refractivity contribution >= 4 is 0 Å². The number of nitrogens with two attached hydrogens (primary N) is 1. The average Bonchev–Trinajstić information content (AvgIpc) is 2.50. The Labute approximate surface area is 134 Å². The summed E-state index contributed by atoms with van der Waals surface area (Å²) < 4.78 is 0. The third-order valence-electron chi connectivity index (χ3n) is 3.92. The Hall–Kier alpha value is -0.340. The van der Waals surface area contributed by atoms with Crippen molar-refractivity contribution in [2.24, 2.45) is 5.73 Å². The molecule has 0 aliphatic carbocycles. The first-order valence-electron chi connectivity index (χ1n) is 9.47. The fourth-order valence-corrected chi connectivity index (χ4v) is 2.50. The Balaban J connectivity index is 3.00. The van der Waals surface area contributed by atoms with Crippen molar-refractivity contribution in [3.8, 4) is 0 Å². The van der Waals surface area contributed by atoms with Crippen LogP contribution in [0.5, 0.6) is 0 Å². The van der Waals surface area contributed by atoms with E-state index in [9.17, 15) is 0 Å². The minimum Gasteiger partial charge on any atom is -0.330 e. The van der Waals surface area contributed by atoms with Crippen LogP contribution in [0.15, 0.2) is 12.2 Å². The van der Waals surface area contributed by atoms with Gasteiger partial charge >= 0.3 is 0 Å². The number of allylic oxidation sites excluding steroid dienone is 2. The van der Waals surface area contributed by atoms with E-state index >= 15 is 0 Å². The zero-order chi connectivity index (χ0) is 15.4. The van der Waals surface area contributed by atoms with Crippen LogP contribution in [-0.2, 0) is 0 Å². The molecule has 0 aromatic rings.